The van der Waals surface area contributed by atoms with Crippen molar-refractivity contribution in [1.82, 2.24) is 10.2 Å². The molecule has 0 radical (unpaired) electrons. The van der Waals surface area contributed by atoms with Crippen LogP contribution in [0.15, 0.2) is 4.34 Å². The third-order valence-electron chi connectivity index (χ3n) is 3.53. The molecule has 0 aliphatic rings. The second kappa shape index (κ2) is 11.2. The van der Waals surface area contributed by atoms with Crippen LogP contribution >= 0.6 is 34.4 Å². The van der Waals surface area contributed by atoms with Crippen molar-refractivity contribution in [3.05, 3.63) is 16.0 Å². The monoisotopic (exact) mass is 444 g/mol. The predicted octanol–water partition coefficient (Wildman–Crippen LogP) is 4.04. The van der Waals surface area contributed by atoms with Crippen LogP contribution in [0.25, 0.3) is 0 Å². The summed E-state index contributed by atoms with van der Waals surface area (Å²) in [6.45, 7) is 6.87. The molecule has 3 N–H and O–H groups in total. The maximum atomic E-state index is 12.3. The van der Waals surface area contributed by atoms with E-state index in [1.165, 1.54) is 23.1 Å². The van der Waals surface area contributed by atoms with Gasteiger partial charge in [-0.05, 0) is 20.3 Å². The normalized spacial score (nSPS) is 10.7. The van der Waals surface area contributed by atoms with Gasteiger partial charge in [0.15, 0.2) is 4.34 Å². The van der Waals surface area contributed by atoms with E-state index in [1.807, 2.05) is 0 Å². The van der Waals surface area contributed by atoms with E-state index < -0.39 is 11.9 Å². The summed E-state index contributed by atoms with van der Waals surface area (Å²) in [6.07, 6.45) is 2.16. The van der Waals surface area contributed by atoms with Crippen molar-refractivity contribution in [2.24, 2.45) is 0 Å². The van der Waals surface area contributed by atoms with Crippen LogP contribution in [0, 0.1) is 0 Å². The molecule has 0 amide bonds. The Kier molecular flexibility index (Phi) is 9.00. The third kappa shape index (κ3) is 5.82. The van der Waals surface area contributed by atoms with E-state index in [0.717, 1.165) is 40.2 Å². The number of ether oxygens (including phenoxy) is 2. The lowest BCUT2D eigenvalue weighted by atomic mass is 10.1. The lowest BCUT2D eigenvalue weighted by molar-refractivity contribution is 0.0527. The van der Waals surface area contributed by atoms with Gasteiger partial charge >= 0.3 is 11.9 Å². The molecule has 0 aliphatic heterocycles. The number of anilines is 2. The topological polar surface area (TPSA) is 116 Å². The predicted molar refractivity (Wildman–Crippen MR) is 114 cm³/mol. The van der Waals surface area contributed by atoms with Crippen LogP contribution in [0.1, 0.15) is 59.2 Å². The Morgan fingerprint density at radius 3 is 2.50 bits per heavy atom. The largest absolute Gasteiger partial charge is 0.462 e. The van der Waals surface area contributed by atoms with Crippen LogP contribution in [0.3, 0.4) is 0 Å². The lowest BCUT2D eigenvalue weighted by Gasteiger charge is -2.06. The highest BCUT2D eigenvalue weighted by Crippen LogP contribution is 2.37. The zero-order valence-corrected chi connectivity index (χ0v) is 18.5. The van der Waals surface area contributed by atoms with Crippen LogP contribution in [0.4, 0.5) is 10.1 Å². The highest BCUT2D eigenvalue weighted by atomic mass is 32.2. The number of unbranched alkanes of at least 4 members (excludes halogenated alkanes) is 1. The number of hydrogen-bond acceptors (Lipinski definition) is 11. The molecule has 0 unspecified atom stereocenters. The van der Waals surface area contributed by atoms with E-state index in [4.69, 9.17) is 15.2 Å². The highest BCUT2D eigenvalue weighted by Gasteiger charge is 2.28. The summed E-state index contributed by atoms with van der Waals surface area (Å²) in [5, 5.41) is 12.5. The standard InChI is InChI=1S/C17H24N4O4S3/c1-4-7-8-19-16-20-21-17(28-16)26-9-10-11(14(22)24-5-2)13(18)27-12(10)15(23)25-6-3/h4-9,18H2,1-3H3,(H,19,20). The molecule has 11 heteroatoms. The van der Waals surface area contributed by atoms with Gasteiger partial charge in [0.25, 0.3) is 0 Å². The van der Waals surface area contributed by atoms with Crippen molar-refractivity contribution >= 4 is 56.5 Å². The van der Waals surface area contributed by atoms with Crippen LogP contribution < -0.4 is 11.1 Å². The van der Waals surface area contributed by atoms with Crippen molar-refractivity contribution in [1.29, 1.82) is 0 Å². The number of rotatable bonds is 11. The molecular formula is C17H24N4O4S3. The van der Waals surface area contributed by atoms with Gasteiger partial charge in [0.1, 0.15) is 9.88 Å². The van der Waals surface area contributed by atoms with Gasteiger partial charge in [-0.3, -0.25) is 0 Å². The molecule has 8 nitrogen and oxygen atoms in total. The average Bonchev–Trinajstić information content (AvgIpc) is 3.24. The molecule has 2 aromatic heterocycles. The number of thiophene rings is 1. The number of hydrogen-bond donors (Lipinski definition) is 2. The molecular weight excluding hydrogens is 420 g/mol. The molecule has 2 rings (SSSR count). The Hall–Kier alpha value is -1.85. The molecule has 0 saturated carbocycles. The average molecular weight is 445 g/mol. The van der Waals surface area contributed by atoms with Crippen molar-refractivity contribution in [3.63, 3.8) is 0 Å². The number of nitrogens with one attached hydrogen (secondary N) is 1. The van der Waals surface area contributed by atoms with Gasteiger partial charge in [-0.1, -0.05) is 36.4 Å². The van der Waals surface area contributed by atoms with E-state index in [2.05, 4.69) is 22.4 Å². The Morgan fingerprint density at radius 2 is 1.82 bits per heavy atom. The number of nitrogens with zero attached hydrogens (tertiary/aromatic N) is 2. The molecule has 0 saturated heterocycles. The molecule has 28 heavy (non-hydrogen) atoms. The van der Waals surface area contributed by atoms with Gasteiger partial charge < -0.3 is 20.5 Å². The summed E-state index contributed by atoms with van der Waals surface area (Å²) >= 11 is 3.86. The first-order valence-corrected chi connectivity index (χ1v) is 11.6. The SMILES string of the molecule is CCCCNc1nnc(SCc2c(C(=O)OCC)sc(N)c2C(=O)OCC)s1. The Labute approximate surface area is 176 Å². The first-order chi connectivity index (χ1) is 13.5. The lowest BCUT2D eigenvalue weighted by Crippen LogP contribution is -2.10. The Balaban J connectivity index is 2.20. The number of nitrogen functional groups attached to an aromatic ring is 1. The number of nitrogens with two attached hydrogens (primary N) is 1. The van der Waals surface area contributed by atoms with E-state index in [-0.39, 0.29) is 23.8 Å². The quantitative estimate of drug-likeness (QED) is 0.301. The van der Waals surface area contributed by atoms with Crippen molar-refractivity contribution < 1.29 is 19.1 Å². The number of carbonyl (C=O) groups is 2. The molecule has 2 aromatic rings. The van der Waals surface area contributed by atoms with Gasteiger partial charge in [0.2, 0.25) is 5.13 Å². The van der Waals surface area contributed by atoms with E-state index >= 15 is 0 Å². The van der Waals surface area contributed by atoms with Crippen molar-refractivity contribution in [3.8, 4) is 0 Å². The summed E-state index contributed by atoms with van der Waals surface area (Å²) < 4.78 is 10.9. The summed E-state index contributed by atoms with van der Waals surface area (Å²) in [4.78, 5) is 25.0. The fourth-order valence-electron chi connectivity index (χ4n) is 2.26. The summed E-state index contributed by atoms with van der Waals surface area (Å²) in [7, 11) is 0. The first kappa shape index (κ1) is 22.4. The van der Waals surface area contributed by atoms with Gasteiger partial charge in [-0.15, -0.1) is 21.5 Å². The summed E-state index contributed by atoms with van der Waals surface area (Å²) in [5.41, 5.74) is 6.76. The summed E-state index contributed by atoms with van der Waals surface area (Å²) in [6, 6.07) is 0. The van der Waals surface area contributed by atoms with Crippen LogP contribution in [0.5, 0.6) is 0 Å². The Morgan fingerprint density at radius 1 is 1.11 bits per heavy atom. The third-order valence-corrected chi connectivity index (χ3v) is 6.61. The van der Waals surface area contributed by atoms with Crippen molar-refractivity contribution in [2.75, 3.05) is 30.8 Å². The zero-order valence-electron chi connectivity index (χ0n) is 16.1. The van der Waals surface area contributed by atoms with Crippen LogP contribution in [0.2, 0.25) is 0 Å². The van der Waals surface area contributed by atoms with Gasteiger partial charge in [0, 0.05) is 17.9 Å². The minimum Gasteiger partial charge on any atom is -0.462 e. The van der Waals surface area contributed by atoms with Gasteiger partial charge in [0.05, 0.1) is 18.8 Å². The number of esters is 2. The second-order valence-electron chi connectivity index (χ2n) is 5.53. The van der Waals surface area contributed by atoms with Gasteiger partial charge in [-0.25, -0.2) is 9.59 Å². The molecule has 2 heterocycles. The summed E-state index contributed by atoms with van der Waals surface area (Å²) in [5.74, 6) is -0.703. The smallest absolute Gasteiger partial charge is 0.348 e. The van der Waals surface area contributed by atoms with E-state index in [1.54, 1.807) is 13.8 Å². The second-order valence-corrected chi connectivity index (χ2v) is 8.78. The minimum atomic E-state index is -0.540. The molecule has 154 valence electrons. The molecule has 0 bridgehead atoms. The maximum absolute atomic E-state index is 12.3. The van der Waals surface area contributed by atoms with Crippen LogP contribution in [-0.4, -0.2) is 41.9 Å². The molecule has 0 atom stereocenters. The molecule has 0 fully saturated rings. The highest BCUT2D eigenvalue weighted by molar-refractivity contribution is 8.00. The molecule has 0 spiro atoms. The first-order valence-electron chi connectivity index (χ1n) is 8.97. The van der Waals surface area contributed by atoms with Crippen LogP contribution in [-0.2, 0) is 15.2 Å². The fourth-order valence-corrected chi connectivity index (χ4v) is 5.12. The van der Waals surface area contributed by atoms with E-state index in [9.17, 15) is 9.59 Å². The minimum absolute atomic E-state index is 0.221. The zero-order chi connectivity index (χ0) is 20.5. The number of carbonyl (C=O) groups excluding carboxylic acids is 2. The van der Waals surface area contributed by atoms with Gasteiger partial charge in [-0.2, -0.15) is 0 Å². The molecule has 0 aromatic carbocycles. The number of thioether (sulfide) groups is 1. The molecule has 0 aliphatic carbocycles. The fraction of sp³-hybridized carbons (Fsp3) is 0.529. The number of aromatic nitrogens is 2. The maximum Gasteiger partial charge on any atom is 0.348 e. The van der Waals surface area contributed by atoms with Crippen molar-refractivity contribution in [2.45, 2.75) is 43.7 Å². The Bertz CT molecular complexity index is 806. The van der Waals surface area contributed by atoms with E-state index in [0.29, 0.717) is 16.2 Å².